The zero-order chi connectivity index (χ0) is 11.8. The number of aliphatic hydroxyl groups excluding tert-OH is 1. The second-order valence-electron chi connectivity index (χ2n) is 4.54. The average molecular weight is 244 g/mol. The number of hydrogen-bond donors (Lipinski definition) is 2. The van der Waals surface area contributed by atoms with E-state index in [0.717, 1.165) is 18.4 Å². The Bertz CT molecular complexity index is 395. The molecule has 1 aliphatic carbocycles. The van der Waals surface area contributed by atoms with Gasteiger partial charge in [0.2, 0.25) is 0 Å². The Hall–Kier alpha value is -0.640. The van der Waals surface area contributed by atoms with Gasteiger partial charge in [-0.15, -0.1) is 0 Å². The molecule has 0 spiro atoms. The monoisotopic (exact) mass is 243 g/mol. The lowest BCUT2D eigenvalue weighted by Crippen LogP contribution is -2.44. The van der Waals surface area contributed by atoms with E-state index in [2.05, 4.69) is 5.32 Å². The first-order chi connectivity index (χ1) is 7.55. The van der Waals surface area contributed by atoms with Gasteiger partial charge in [0.1, 0.15) is 5.82 Å². The molecule has 1 aromatic rings. The van der Waals surface area contributed by atoms with E-state index >= 15 is 0 Å². The fourth-order valence-electron chi connectivity index (χ4n) is 1.74. The zero-order valence-electron chi connectivity index (χ0n) is 9.13. The van der Waals surface area contributed by atoms with E-state index in [1.165, 1.54) is 6.07 Å². The maximum atomic E-state index is 13.1. The van der Waals surface area contributed by atoms with Crippen LogP contribution in [0.1, 0.15) is 25.3 Å². The Morgan fingerprint density at radius 2 is 2.25 bits per heavy atom. The van der Waals surface area contributed by atoms with Crippen molar-refractivity contribution in [2.45, 2.75) is 31.3 Å². The third-order valence-corrected chi connectivity index (χ3v) is 3.26. The van der Waals surface area contributed by atoms with Crippen molar-refractivity contribution in [2.24, 2.45) is 0 Å². The van der Waals surface area contributed by atoms with Crippen molar-refractivity contribution in [2.75, 3.05) is 6.61 Å². The minimum atomic E-state index is -0.543. The van der Waals surface area contributed by atoms with Gasteiger partial charge in [0.25, 0.3) is 0 Å². The molecule has 88 valence electrons. The van der Waals surface area contributed by atoms with Gasteiger partial charge in [-0.1, -0.05) is 17.7 Å². The maximum Gasteiger partial charge on any atom is 0.141 e. The Morgan fingerprint density at radius 1 is 1.56 bits per heavy atom. The standard InChI is InChI=1S/C12H15ClFNO/c1-12(7-16,15-9-3-4-9)8-2-5-11(14)10(13)6-8/h2,5-6,9,15-16H,3-4,7H2,1H3. The van der Waals surface area contributed by atoms with E-state index in [4.69, 9.17) is 11.6 Å². The molecule has 2 N–H and O–H groups in total. The Kier molecular flexibility index (Phi) is 3.19. The number of halogens is 2. The van der Waals surface area contributed by atoms with E-state index in [1.807, 2.05) is 6.92 Å². The highest BCUT2D eigenvalue weighted by atomic mass is 35.5. The van der Waals surface area contributed by atoms with Crippen LogP contribution in [0.4, 0.5) is 4.39 Å². The van der Waals surface area contributed by atoms with Crippen LogP contribution >= 0.6 is 11.6 Å². The van der Waals surface area contributed by atoms with Crippen molar-refractivity contribution >= 4 is 11.6 Å². The predicted octanol–water partition coefficient (Wildman–Crippen LogP) is 2.44. The first-order valence-electron chi connectivity index (χ1n) is 5.39. The molecular weight excluding hydrogens is 229 g/mol. The van der Waals surface area contributed by atoms with Crippen LogP contribution in [-0.4, -0.2) is 17.8 Å². The van der Waals surface area contributed by atoms with Crippen molar-refractivity contribution in [3.63, 3.8) is 0 Å². The van der Waals surface area contributed by atoms with Gasteiger partial charge in [-0.05, 0) is 37.5 Å². The number of benzene rings is 1. The highest BCUT2D eigenvalue weighted by Gasteiger charge is 2.33. The van der Waals surface area contributed by atoms with Gasteiger partial charge in [-0.25, -0.2) is 4.39 Å². The molecule has 0 aliphatic heterocycles. The van der Waals surface area contributed by atoms with Crippen LogP contribution in [0.3, 0.4) is 0 Å². The summed E-state index contributed by atoms with van der Waals surface area (Å²) in [6.45, 7) is 1.86. The Morgan fingerprint density at radius 3 is 2.75 bits per heavy atom. The number of nitrogens with one attached hydrogen (secondary N) is 1. The SMILES string of the molecule is CC(CO)(NC1CC1)c1ccc(F)c(Cl)c1. The zero-order valence-corrected chi connectivity index (χ0v) is 9.89. The molecule has 0 saturated heterocycles. The molecule has 0 bridgehead atoms. The van der Waals surface area contributed by atoms with Crippen LogP contribution in [0.15, 0.2) is 18.2 Å². The van der Waals surface area contributed by atoms with Gasteiger partial charge < -0.3 is 10.4 Å². The first kappa shape index (κ1) is 11.8. The average Bonchev–Trinajstić information content (AvgIpc) is 3.05. The fourth-order valence-corrected chi connectivity index (χ4v) is 1.92. The summed E-state index contributed by atoms with van der Waals surface area (Å²) in [5.41, 5.74) is 0.270. The maximum absolute atomic E-state index is 13.1. The lowest BCUT2D eigenvalue weighted by Gasteiger charge is -2.29. The van der Waals surface area contributed by atoms with E-state index in [0.29, 0.717) is 6.04 Å². The van der Waals surface area contributed by atoms with E-state index < -0.39 is 11.4 Å². The molecule has 0 heterocycles. The third-order valence-electron chi connectivity index (χ3n) is 2.97. The predicted molar refractivity (Wildman–Crippen MR) is 62.0 cm³/mol. The fraction of sp³-hybridized carbons (Fsp3) is 0.500. The molecule has 1 saturated carbocycles. The molecule has 16 heavy (non-hydrogen) atoms. The van der Waals surface area contributed by atoms with Crippen molar-refractivity contribution < 1.29 is 9.50 Å². The molecule has 2 nitrogen and oxygen atoms in total. The quantitative estimate of drug-likeness (QED) is 0.852. The summed E-state index contributed by atoms with van der Waals surface area (Å²) in [4.78, 5) is 0. The van der Waals surface area contributed by atoms with Gasteiger partial charge >= 0.3 is 0 Å². The van der Waals surface area contributed by atoms with Crippen LogP contribution in [0.5, 0.6) is 0 Å². The highest BCUT2D eigenvalue weighted by molar-refractivity contribution is 6.30. The smallest absolute Gasteiger partial charge is 0.141 e. The molecule has 2 rings (SSSR count). The molecule has 1 atom stereocenters. The lowest BCUT2D eigenvalue weighted by molar-refractivity contribution is 0.173. The number of aliphatic hydroxyl groups is 1. The van der Waals surface area contributed by atoms with Crippen LogP contribution in [0.25, 0.3) is 0 Å². The van der Waals surface area contributed by atoms with Crippen molar-refractivity contribution in [3.05, 3.63) is 34.6 Å². The summed E-state index contributed by atoms with van der Waals surface area (Å²) in [5.74, 6) is -0.433. The summed E-state index contributed by atoms with van der Waals surface area (Å²) in [7, 11) is 0. The second kappa shape index (κ2) is 4.32. The van der Waals surface area contributed by atoms with Crippen LogP contribution in [0.2, 0.25) is 5.02 Å². The van der Waals surface area contributed by atoms with Crippen LogP contribution in [-0.2, 0) is 5.54 Å². The number of rotatable bonds is 4. The number of hydrogen-bond acceptors (Lipinski definition) is 2. The Balaban J connectivity index is 2.27. The minimum Gasteiger partial charge on any atom is -0.394 e. The first-order valence-corrected chi connectivity index (χ1v) is 5.77. The molecule has 0 radical (unpaired) electrons. The van der Waals surface area contributed by atoms with Crippen molar-refractivity contribution in [3.8, 4) is 0 Å². The van der Waals surface area contributed by atoms with Gasteiger partial charge in [-0.2, -0.15) is 0 Å². The van der Waals surface area contributed by atoms with E-state index in [9.17, 15) is 9.50 Å². The van der Waals surface area contributed by atoms with Crippen molar-refractivity contribution in [1.82, 2.24) is 5.32 Å². The molecule has 1 unspecified atom stereocenters. The summed E-state index contributed by atoms with van der Waals surface area (Å²) < 4.78 is 13.1. The van der Waals surface area contributed by atoms with Gasteiger partial charge in [0.05, 0.1) is 17.2 Å². The third kappa shape index (κ3) is 2.37. The molecule has 0 amide bonds. The van der Waals surface area contributed by atoms with E-state index in [1.54, 1.807) is 12.1 Å². The van der Waals surface area contributed by atoms with Crippen LogP contribution < -0.4 is 5.32 Å². The van der Waals surface area contributed by atoms with Gasteiger partial charge in [-0.3, -0.25) is 0 Å². The van der Waals surface area contributed by atoms with Crippen molar-refractivity contribution in [1.29, 1.82) is 0 Å². The topological polar surface area (TPSA) is 32.3 Å². The summed E-state index contributed by atoms with van der Waals surface area (Å²) in [6, 6.07) is 5.02. The normalized spacial score (nSPS) is 19.5. The molecule has 1 fully saturated rings. The lowest BCUT2D eigenvalue weighted by atomic mass is 9.92. The summed E-state index contributed by atoms with van der Waals surface area (Å²) >= 11 is 5.74. The second-order valence-corrected chi connectivity index (χ2v) is 4.94. The molecule has 0 aromatic heterocycles. The molecular formula is C12H15ClFNO. The highest BCUT2D eigenvalue weighted by Crippen LogP contribution is 2.30. The van der Waals surface area contributed by atoms with Gasteiger partial charge in [0.15, 0.2) is 0 Å². The van der Waals surface area contributed by atoms with Gasteiger partial charge in [0, 0.05) is 6.04 Å². The van der Waals surface area contributed by atoms with Crippen LogP contribution in [0, 0.1) is 5.82 Å². The largest absolute Gasteiger partial charge is 0.394 e. The summed E-state index contributed by atoms with van der Waals surface area (Å²) in [5, 5.41) is 12.9. The summed E-state index contributed by atoms with van der Waals surface area (Å²) in [6.07, 6.45) is 2.26. The molecule has 1 aromatic carbocycles. The molecule has 4 heteroatoms. The Labute approximate surface area is 99.4 Å². The molecule has 1 aliphatic rings. The van der Waals surface area contributed by atoms with E-state index in [-0.39, 0.29) is 11.6 Å². The minimum absolute atomic E-state index is 0.0362.